The number of hydrogen-bond donors (Lipinski definition) is 2. The molecule has 0 aromatic rings. The SMILES string of the molecule is CC(C)(CC1COCC1CC(C)(C)C(=O)O)C(=O)O. The number of hydrogen-bond acceptors (Lipinski definition) is 3. The molecule has 0 aromatic carbocycles. The van der Waals surface area contributed by atoms with Gasteiger partial charge in [-0.1, -0.05) is 0 Å². The van der Waals surface area contributed by atoms with Crippen LogP contribution in [0.5, 0.6) is 0 Å². The maximum absolute atomic E-state index is 11.2. The Kier molecular flexibility index (Phi) is 4.61. The maximum atomic E-state index is 11.2. The molecule has 19 heavy (non-hydrogen) atoms. The number of carboxylic acid groups (broad SMARTS) is 2. The third-order valence-corrected chi connectivity index (χ3v) is 4.03. The van der Waals surface area contributed by atoms with Gasteiger partial charge in [0, 0.05) is 13.2 Å². The van der Waals surface area contributed by atoms with Gasteiger partial charge in [-0.15, -0.1) is 0 Å². The summed E-state index contributed by atoms with van der Waals surface area (Å²) in [5.41, 5.74) is -1.60. The zero-order valence-electron chi connectivity index (χ0n) is 12.1. The highest BCUT2D eigenvalue weighted by atomic mass is 16.5. The van der Waals surface area contributed by atoms with Crippen LogP contribution in [0.2, 0.25) is 0 Å². The first-order valence-corrected chi connectivity index (χ1v) is 6.61. The van der Waals surface area contributed by atoms with Crippen LogP contribution in [0, 0.1) is 22.7 Å². The van der Waals surface area contributed by atoms with E-state index in [9.17, 15) is 19.8 Å². The first-order chi connectivity index (χ1) is 8.56. The Morgan fingerprint density at radius 2 is 1.26 bits per heavy atom. The average Bonchev–Trinajstić information content (AvgIpc) is 2.63. The van der Waals surface area contributed by atoms with E-state index in [4.69, 9.17) is 4.74 Å². The van der Waals surface area contributed by atoms with Crippen molar-refractivity contribution in [3.8, 4) is 0 Å². The Balaban J connectivity index is 2.70. The molecule has 0 spiro atoms. The van der Waals surface area contributed by atoms with Gasteiger partial charge in [-0.05, 0) is 52.4 Å². The maximum Gasteiger partial charge on any atom is 0.309 e. The Hall–Kier alpha value is -1.10. The molecule has 1 heterocycles. The van der Waals surface area contributed by atoms with Crippen molar-refractivity contribution in [3.05, 3.63) is 0 Å². The molecule has 0 aliphatic carbocycles. The Morgan fingerprint density at radius 3 is 1.53 bits per heavy atom. The van der Waals surface area contributed by atoms with Crippen LogP contribution in [0.4, 0.5) is 0 Å². The molecular formula is C14H24O5. The van der Waals surface area contributed by atoms with Gasteiger partial charge in [0.2, 0.25) is 0 Å². The molecule has 2 unspecified atom stereocenters. The fraction of sp³-hybridized carbons (Fsp3) is 0.857. The van der Waals surface area contributed by atoms with E-state index >= 15 is 0 Å². The van der Waals surface area contributed by atoms with Crippen LogP contribution in [0.25, 0.3) is 0 Å². The molecule has 0 bridgehead atoms. The number of aliphatic carboxylic acids is 2. The molecule has 5 nitrogen and oxygen atoms in total. The standard InChI is InChI=1S/C14H24O5/c1-13(2,11(15)16)5-9-7-19-8-10(9)6-14(3,4)12(17)18/h9-10H,5-8H2,1-4H3,(H,15,16)(H,17,18). The van der Waals surface area contributed by atoms with E-state index in [-0.39, 0.29) is 11.8 Å². The highest BCUT2D eigenvalue weighted by Crippen LogP contribution is 2.39. The second kappa shape index (κ2) is 5.49. The van der Waals surface area contributed by atoms with Crippen molar-refractivity contribution in [1.82, 2.24) is 0 Å². The highest BCUT2D eigenvalue weighted by molar-refractivity contribution is 5.74. The lowest BCUT2D eigenvalue weighted by molar-refractivity contribution is -0.150. The summed E-state index contributed by atoms with van der Waals surface area (Å²) in [5, 5.41) is 18.3. The molecule has 5 heteroatoms. The van der Waals surface area contributed by atoms with E-state index in [2.05, 4.69) is 0 Å². The summed E-state index contributed by atoms with van der Waals surface area (Å²) in [6.07, 6.45) is 1.03. The molecule has 1 rings (SSSR count). The van der Waals surface area contributed by atoms with Gasteiger partial charge in [-0.2, -0.15) is 0 Å². The smallest absolute Gasteiger partial charge is 0.309 e. The lowest BCUT2D eigenvalue weighted by Crippen LogP contribution is -2.33. The molecule has 0 radical (unpaired) electrons. The minimum atomic E-state index is -0.823. The lowest BCUT2D eigenvalue weighted by Gasteiger charge is -2.29. The lowest BCUT2D eigenvalue weighted by atomic mass is 9.73. The van der Waals surface area contributed by atoms with Gasteiger partial charge in [-0.25, -0.2) is 0 Å². The first-order valence-electron chi connectivity index (χ1n) is 6.61. The highest BCUT2D eigenvalue weighted by Gasteiger charge is 2.40. The summed E-state index contributed by atoms with van der Waals surface area (Å²) in [6, 6.07) is 0. The summed E-state index contributed by atoms with van der Waals surface area (Å²) >= 11 is 0. The minimum Gasteiger partial charge on any atom is -0.481 e. The second-order valence-corrected chi connectivity index (χ2v) is 6.84. The molecule has 1 fully saturated rings. The third-order valence-electron chi connectivity index (χ3n) is 4.03. The van der Waals surface area contributed by atoms with Crippen LogP contribution in [-0.2, 0) is 14.3 Å². The van der Waals surface area contributed by atoms with Gasteiger partial charge in [0.1, 0.15) is 0 Å². The van der Waals surface area contributed by atoms with Crippen molar-refractivity contribution in [2.24, 2.45) is 22.7 Å². The number of rotatable bonds is 6. The van der Waals surface area contributed by atoms with Gasteiger partial charge < -0.3 is 14.9 Å². The van der Waals surface area contributed by atoms with E-state index in [0.717, 1.165) is 0 Å². The van der Waals surface area contributed by atoms with Gasteiger partial charge in [0.25, 0.3) is 0 Å². The van der Waals surface area contributed by atoms with E-state index < -0.39 is 22.8 Å². The normalized spacial score (nSPS) is 24.4. The fourth-order valence-electron chi connectivity index (χ4n) is 2.58. The minimum absolute atomic E-state index is 0.115. The quantitative estimate of drug-likeness (QED) is 0.774. The average molecular weight is 272 g/mol. The monoisotopic (exact) mass is 272 g/mol. The number of ether oxygens (including phenoxy) is 1. The summed E-state index contributed by atoms with van der Waals surface area (Å²) in [5.74, 6) is -1.42. The second-order valence-electron chi connectivity index (χ2n) is 6.84. The van der Waals surface area contributed by atoms with Crippen LogP contribution in [0.1, 0.15) is 40.5 Å². The van der Waals surface area contributed by atoms with Gasteiger partial charge in [0.05, 0.1) is 10.8 Å². The van der Waals surface area contributed by atoms with Crippen molar-refractivity contribution < 1.29 is 24.5 Å². The molecule has 1 aliphatic rings. The summed E-state index contributed by atoms with van der Waals surface area (Å²) in [4.78, 5) is 22.3. The van der Waals surface area contributed by atoms with Gasteiger partial charge in [0.15, 0.2) is 0 Å². The Morgan fingerprint density at radius 1 is 0.947 bits per heavy atom. The summed E-state index contributed by atoms with van der Waals surface area (Å²) in [7, 11) is 0. The van der Waals surface area contributed by atoms with Crippen molar-refractivity contribution in [2.45, 2.75) is 40.5 Å². The molecule has 0 amide bonds. The van der Waals surface area contributed by atoms with E-state index in [1.807, 2.05) is 0 Å². The molecular weight excluding hydrogens is 248 g/mol. The van der Waals surface area contributed by atoms with Crippen molar-refractivity contribution in [3.63, 3.8) is 0 Å². The summed E-state index contributed by atoms with van der Waals surface area (Å²) < 4.78 is 5.44. The third kappa shape index (κ3) is 3.93. The van der Waals surface area contributed by atoms with Crippen molar-refractivity contribution in [2.75, 3.05) is 13.2 Å². The largest absolute Gasteiger partial charge is 0.481 e. The van der Waals surface area contributed by atoms with Crippen molar-refractivity contribution >= 4 is 11.9 Å². The predicted molar refractivity (Wildman–Crippen MR) is 69.9 cm³/mol. The van der Waals surface area contributed by atoms with Crippen LogP contribution in [0.3, 0.4) is 0 Å². The Labute approximate surface area is 114 Å². The molecule has 0 aromatic heterocycles. The zero-order valence-corrected chi connectivity index (χ0v) is 12.1. The number of carboxylic acids is 2. The van der Waals surface area contributed by atoms with Gasteiger partial charge in [-0.3, -0.25) is 9.59 Å². The Bertz CT molecular complexity index is 325. The topological polar surface area (TPSA) is 83.8 Å². The summed E-state index contributed by atoms with van der Waals surface area (Å²) in [6.45, 7) is 7.86. The molecule has 2 atom stereocenters. The van der Waals surface area contributed by atoms with E-state index in [1.54, 1.807) is 27.7 Å². The van der Waals surface area contributed by atoms with E-state index in [0.29, 0.717) is 26.1 Å². The molecule has 2 N–H and O–H groups in total. The molecule has 0 saturated carbocycles. The zero-order chi connectivity index (χ0) is 14.8. The molecule has 1 saturated heterocycles. The van der Waals surface area contributed by atoms with Crippen LogP contribution in [-0.4, -0.2) is 35.4 Å². The molecule has 1 aliphatic heterocycles. The predicted octanol–water partition coefficient (Wildman–Crippen LogP) is 2.25. The number of carbonyl (C=O) groups is 2. The van der Waals surface area contributed by atoms with Crippen LogP contribution >= 0.6 is 0 Å². The van der Waals surface area contributed by atoms with Gasteiger partial charge >= 0.3 is 11.9 Å². The van der Waals surface area contributed by atoms with Crippen LogP contribution in [0.15, 0.2) is 0 Å². The van der Waals surface area contributed by atoms with E-state index in [1.165, 1.54) is 0 Å². The molecule has 110 valence electrons. The van der Waals surface area contributed by atoms with Crippen molar-refractivity contribution in [1.29, 1.82) is 0 Å². The first kappa shape index (κ1) is 16.0. The fourth-order valence-corrected chi connectivity index (χ4v) is 2.58. The van der Waals surface area contributed by atoms with Crippen LogP contribution < -0.4 is 0 Å².